The zero-order valence-electron chi connectivity index (χ0n) is 22.8. The standard InChI is InChI=1S/C30H39N3O6/c1-3-37-29(35)15-18-33-22(2)26-12-8-7-11-24(26)19-27(33)31-28(34)21-38-25-13-16-32(17-14-25)30(36)39-20-23-9-5-4-6-10-23/h4-12,22,25,27H,3,13-21H2,1-2H3,(H,31,34). The van der Waals surface area contributed by atoms with Gasteiger partial charge >= 0.3 is 12.1 Å². The minimum Gasteiger partial charge on any atom is -0.466 e. The summed E-state index contributed by atoms with van der Waals surface area (Å²) in [6.07, 6.45) is 1.53. The van der Waals surface area contributed by atoms with Gasteiger partial charge in [-0.2, -0.15) is 0 Å². The molecular formula is C30H39N3O6. The molecule has 2 atom stereocenters. The lowest BCUT2D eigenvalue weighted by Crippen LogP contribution is -2.54. The van der Waals surface area contributed by atoms with Crippen LogP contribution < -0.4 is 5.32 Å². The number of hydrogen-bond donors (Lipinski definition) is 1. The molecule has 0 bridgehead atoms. The third-order valence-electron chi connectivity index (χ3n) is 7.38. The molecule has 4 rings (SSSR count). The number of carbonyl (C=O) groups excluding carboxylic acids is 3. The number of ether oxygens (including phenoxy) is 3. The van der Waals surface area contributed by atoms with Gasteiger partial charge in [0.15, 0.2) is 0 Å². The summed E-state index contributed by atoms with van der Waals surface area (Å²) in [5.74, 6) is -0.440. The number of nitrogens with one attached hydrogen (secondary N) is 1. The molecule has 2 aromatic rings. The molecule has 0 aliphatic carbocycles. The summed E-state index contributed by atoms with van der Waals surface area (Å²) in [5.41, 5.74) is 3.35. The molecule has 2 aromatic carbocycles. The first-order chi connectivity index (χ1) is 18.9. The summed E-state index contributed by atoms with van der Waals surface area (Å²) >= 11 is 0. The molecule has 1 N–H and O–H groups in total. The quantitative estimate of drug-likeness (QED) is 0.460. The first-order valence-corrected chi connectivity index (χ1v) is 13.8. The number of carbonyl (C=O) groups is 3. The van der Waals surface area contributed by atoms with E-state index in [-0.39, 0.29) is 55.9 Å². The van der Waals surface area contributed by atoms with Crippen LogP contribution in [-0.2, 0) is 36.8 Å². The van der Waals surface area contributed by atoms with E-state index in [9.17, 15) is 14.4 Å². The van der Waals surface area contributed by atoms with Crippen LogP contribution in [-0.4, -0.2) is 72.9 Å². The monoisotopic (exact) mass is 537 g/mol. The van der Waals surface area contributed by atoms with Crippen LogP contribution >= 0.6 is 0 Å². The van der Waals surface area contributed by atoms with Gasteiger partial charge in [0.25, 0.3) is 0 Å². The lowest BCUT2D eigenvalue weighted by atomic mass is 9.91. The van der Waals surface area contributed by atoms with Crippen molar-refractivity contribution in [1.29, 1.82) is 0 Å². The van der Waals surface area contributed by atoms with Crippen molar-refractivity contribution < 1.29 is 28.6 Å². The molecule has 9 heteroatoms. The Morgan fingerprint density at radius 1 is 0.974 bits per heavy atom. The van der Waals surface area contributed by atoms with E-state index in [4.69, 9.17) is 14.2 Å². The third kappa shape index (κ3) is 8.03. The highest BCUT2D eigenvalue weighted by Crippen LogP contribution is 2.32. The van der Waals surface area contributed by atoms with E-state index < -0.39 is 0 Å². The Hall–Kier alpha value is -3.43. The molecule has 2 aliphatic heterocycles. The van der Waals surface area contributed by atoms with E-state index in [1.54, 1.807) is 11.8 Å². The number of likely N-dealkylation sites (tertiary alicyclic amines) is 1. The maximum Gasteiger partial charge on any atom is 0.410 e. The van der Waals surface area contributed by atoms with Crippen LogP contribution in [0.1, 0.15) is 55.8 Å². The highest BCUT2D eigenvalue weighted by molar-refractivity contribution is 5.77. The molecular weight excluding hydrogens is 498 g/mol. The van der Waals surface area contributed by atoms with E-state index in [2.05, 4.69) is 29.3 Å². The number of nitrogens with zero attached hydrogens (tertiary/aromatic N) is 2. The van der Waals surface area contributed by atoms with Crippen LogP contribution in [0.3, 0.4) is 0 Å². The fourth-order valence-corrected chi connectivity index (χ4v) is 5.28. The molecule has 0 aromatic heterocycles. The number of amides is 2. The van der Waals surface area contributed by atoms with E-state index in [0.717, 1.165) is 5.56 Å². The van der Waals surface area contributed by atoms with Gasteiger partial charge in [0.1, 0.15) is 13.2 Å². The largest absolute Gasteiger partial charge is 0.466 e. The second-order valence-corrected chi connectivity index (χ2v) is 9.99. The number of esters is 1. The van der Waals surface area contributed by atoms with Crippen LogP contribution in [0.25, 0.3) is 0 Å². The molecule has 2 amide bonds. The topological polar surface area (TPSA) is 97.4 Å². The summed E-state index contributed by atoms with van der Waals surface area (Å²) in [5, 5.41) is 3.12. The summed E-state index contributed by atoms with van der Waals surface area (Å²) in [6.45, 7) is 5.97. The van der Waals surface area contributed by atoms with Crippen LogP contribution in [0.5, 0.6) is 0 Å². The predicted molar refractivity (Wildman–Crippen MR) is 146 cm³/mol. The van der Waals surface area contributed by atoms with Crippen molar-refractivity contribution >= 4 is 18.0 Å². The summed E-state index contributed by atoms with van der Waals surface area (Å²) in [4.78, 5) is 41.2. The van der Waals surface area contributed by atoms with E-state index in [0.29, 0.717) is 45.5 Å². The maximum absolute atomic E-state index is 12.9. The van der Waals surface area contributed by atoms with Crippen LogP contribution in [0.15, 0.2) is 54.6 Å². The Balaban J connectivity index is 1.23. The summed E-state index contributed by atoms with van der Waals surface area (Å²) < 4.78 is 16.5. The lowest BCUT2D eigenvalue weighted by Gasteiger charge is -2.42. The van der Waals surface area contributed by atoms with Crippen molar-refractivity contribution in [3.05, 3.63) is 71.3 Å². The van der Waals surface area contributed by atoms with E-state index >= 15 is 0 Å². The van der Waals surface area contributed by atoms with Gasteiger partial charge < -0.3 is 24.4 Å². The zero-order chi connectivity index (χ0) is 27.6. The average molecular weight is 538 g/mol. The molecule has 39 heavy (non-hydrogen) atoms. The Labute approximate surface area is 230 Å². The minimum absolute atomic E-state index is 0.0431. The minimum atomic E-state index is -0.329. The Bertz CT molecular complexity index is 1100. The van der Waals surface area contributed by atoms with Gasteiger partial charge in [-0.15, -0.1) is 0 Å². The number of piperidine rings is 1. The highest BCUT2D eigenvalue weighted by Gasteiger charge is 2.33. The van der Waals surface area contributed by atoms with Crippen molar-refractivity contribution in [3.8, 4) is 0 Å². The molecule has 2 heterocycles. The molecule has 0 spiro atoms. The number of benzene rings is 2. The molecule has 2 aliphatic rings. The number of hydrogen-bond acceptors (Lipinski definition) is 7. The average Bonchev–Trinajstić information content (AvgIpc) is 2.95. The second-order valence-electron chi connectivity index (χ2n) is 9.99. The van der Waals surface area contributed by atoms with Gasteiger partial charge in [0.2, 0.25) is 5.91 Å². The van der Waals surface area contributed by atoms with Crippen molar-refractivity contribution in [1.82, 2.24) is 15.1 Å². The molecule has 2 unspecified atom stereocenters. The first kappa shape index (κ1) is 28.6. The molecule has 1 fully saturated rings. The Morgan fingerprint density at radius 3 is 2.44 bits per heavy atom. The number of rotatable bonds is 10. The molecule has 210 valence electrons. The molecule has 0 radical (unpaired) electrons. The SMILES string of the molecule is CCOC(=O)CCN1C(NC(=O)COC2CCN(C(=O)OCc3ccccc3)CC2)Cc2ccccc2C1C. The highest BCUT2D eigenvalue weighted by atomic mass is 16.6. The van der Waals surface area contributed by atoms with Gasteiger partial charge in [-0.25, -0.2) is 4.79 Å². The van der Waals surface area contributed by atoms with Crippen LogP contribution in [0.2, 0.25) is 0 Å². The molecule has 0 saturated carbocycles. The Kier molecular flexibility index (Phi) is 10.3. The van der Waals surface area contributed by atoms with Crippen molar-refractivity contribution in [2.75, 3.05) is 32.8 Å². The van der Waals surface area contributed by atoms with Crippen molar-refractivity contribution in [2.45, 2.75) is 64.4 Å². The van der Waals surface area contributed by atoms with Gasteiger partial charge in [0.05, 0.1) is 25.3 Å². The zero-order valence-corrected chi connectivity index (χ0v) is 22.8. The van der Waals surface area contributed by atoms with Crippen LogP contribution in [0, 0.1) is 0 Å². The van der Waals surface area contributed by atoms with Crippen molar-refractivity contribution in [2.24, 2.45) is 0 Å². The fraction of sp³-hybridized carbons (Fsp3) is 0.500. The maximum atomic E-state index is 12.9. The van der Waals surface area contributed by atoms with Gasteiger partial charge in [-0.05, 0) is 43.4 Å². The predicted octanol–water partition coefficient (Wildman–Crippen LogP) is 3.82. The van der Waals surface area contributed by atoms with Gasteiger partial charge in [-0.3, -0.25) is 14.5 Å². The van der Waals surface area contributed by atoms with Crippen molar-refractivity contribution in [3.63, 3.8) is 0 Å². The second kappa shape index (κ2) is 14.1. The van der Waals surface area contributed by atoms with Gasteiger partial charge in [-0.1, -0.05) is 54.6 Å². The number of fused-ring (bicyclic) bond motifs is 1. The van der Waals surface area contributed by atoms with Gasteiger partial charge in [0, 0.05) is 32.1 Å². The van der Waals surface area contributed by atoms with Crippen LogP contribution in [0.4, 0.5) is 4.79 Å². The third-order valence-corrected chi connectivity index (χ3v) is 7.38. The first-order valence-electron chi connectivity index (χ1n) is 13.8. The Morgan fingerprint density at radius 2 is 1.69 bits per heavy atom. The van der Waals surface area contributed by atoms with E-state index in [1.807, 2.05) is 42.5 Å². The molecule has 1 saturated heterocycles. The normalized spacial score (nSPS) is 19.7. The smallest absolute Gasteiger partial charge is 0.410 e. The fourth-order valence-electron chi connectivity index (χ4n) is 5.28. The van der Waals surface area contributed by atoms with E-state index in [1.165, 1.54) is 11.1 Å². The molecule has 9 nitrogen and oxygen atoms in total. The lowest BCUT2D eigenvalue weighted by molar-refractivity contribution is -0.143. The summed E-state index contributed by atoms with van der Waals surface area (Å²) in [6, 6.07) is 17.8. The summed E-state index contributed by atoms with van der Waals surface area (Å²) in [7, 11) is 0.